The first-order valence-electron chi connectivity index (χ1n) is 9.98. The Morgan fingerprint density at radius 2 is 1.47 bits per heavy atom. The van der Waals surface area contributed by atoms with Crippen LogP contribution in [0, 0.1) is 11.3 Å². The number of hydrogen-bond donors (Lipinski definition) is 0. The molecule has 1 atom stereocenters. The number of rotatable bonds is 7. The second-order valence-corrected chi connectivity index (χ2v) is 9.29. The SMILES string of the molecule is N#Cc1ccc(CN2CCCC2P(=O)(Oc2ccccc2)Oc2ccccc2)cc1. The van der Waals surface area contributed by atoms with Crippen molar-refractivity contribution in [3.8, 4) is 17.6 Å². The van der Waals surface area contributed by atoms with Crippen molar-refractivity contribution in [2.45, 2.75) is 25.2 Å². The first kappa shape index (κ1) is 20.2. The molecular formula is C24H23N2O3P. The molecule has 0 amide bonds. The highest BCUT2D eigenvalue weighted by atomic mass is 31.2. The molecule has 30 heavy (non-hydrogen) atoms. The van der Waals surface area contributed by atoms with Gasteiger partial charge < -0.3 is 9.05 Å². The van der Waals surface area contributed by atoms with E-state index in [-0.39, 0.29) is 5.78 Å². The molecule has 0 aliphatic carbocycles. The summed E-state index contributed by atoms with van der Waals surface area (Å²) in [4.78, 5) is 2.16. The average molecular weight is 418 g/mol. The molecule has 152 valence electrons. The second-order valence-electron chi connectivity index (χ2n) is 7.25. The highest BCUT2D eigenvalue weighted by Gasteiger charge is 2.45. The van der Waals surface area contributed by atoms with E-state index in [1.807, 2.05) is 48.5 Å². The van der Waals surface area contributed by atoms with Crippen molar-refractivity contribution in [3.05, 3.63) is 96.1 Å². The van der Waals surface area contributed by atoms with Gasteiger partial charge >= 0.3 is 7.60 Å². The molecule has 0 spiro atoms. The van der Waals surface area contributed by atoms with Gasteiger partial charge in [0.1, 0.15) is 17.3 Å². The molecule has 5 nitrogen and oxygen atoms in total. The minimum atomic E-state index is -3.55. The Balaban J connectivity index is 1.60. The maximum absolute atomic E-state index is 14.1. The van der Waals surface area contributed by atoms with Crippen LogP contribution < -0.4 is 9.05 Å². The molecule has 3 aromatic carbocycles. The zero-order valence-corrected chi connectivity index (χ0v) is 17.4. The fourth-order valence-corrected chi connectivity index (χ4v) is 5.87. The highest BCUT2D eigenvalue weighted by Crippen LogP contribution is 2.57. The van der Waals surface area contributed by atoms with E-state index in [4.69, 9.17) is 14.3 Å². The largest absolute Gasteiger partial charge is 0.447 e. The van der Waals surface area contributed by atoms with Gasteiger partial charge in [-0.15, -0.1) is 0 Å². The molecule has 6 heteroatoms. The molecular weight excluding hydrogens is 395 g/mol. The summed E-state index contributed by atoms with van der Waals surface area (Å²) < 4.78 is 26.2. The van der Waals surface area contributed by atoms with Crippen LogP contribution in [-0.2, 0) is 11.1 Å². The number of benzene rings is 3. The van der Waals surface area contributed by atoms with Gasteiger partial charge in [-0.2, -0.15) is 5.26 Å². The molecule has 0 N–H and O–H groups in total. The van der Waals surface area contributed by atoms with E-state index in [9.17, 15) is 4.57 Å². The number of nitriles is 1. The first-order valence-corrected chi connectivity index (χ1v) is 11.6. The Kier molecular flexibility index (Phi) is 6.18. The summed E-state index contributed by atoms with van der Waals surface area (Å²) in [6, 6.07) is 28.0. The van der Waals surface area contributed by atoms with Crippen LogP contribution in [0.25, 0.3) is 0 Å². The Morgan fingerprint density at radius 3 is 2.00 bits per heavy atom. The van der Waals surface area contributed by atoms with Crippen LogP contribution in [0.5, 0.6) is 11.5 Å². The smallest absolute Gasteiger partial charge is 0.415 e. The first-order chi connectivity index (χ1) is 14.7. The lowest BCUT2D eigenvalue weighted by atomic mass is 10.1. The maximum Gasteiger partial charge on any atom is 0.447 e. The van der Waals surface area contributed by atoms with E-state index in [0.717, 1.165) is 24.9 Å². The van der Waals surface area contributed by atoms with Gasteiger partial charge in [0.05, 0.1) is 11.6 Å². The van der Waals surface area contributed by atoms with Crippen molar-refractivity contribution in [1.29, 1.82) is 5.26 Å². The summed E-state index contributed by atoms with van der Waals surface area (Å²) in [5.41, 5.74) is 1.69. The van der Waals surface area contributed by atoms with Crippen molar-refractivity contribution in [3.63, 3.8) is 0 Å². The van der Waals surface area contributed by atoms with Gasteiger partial charge in [-0.3, -0.25) is 4.90 Å². The number of para-hydroxylation sites is 2. The van der Waals surface area contributed by atoms with Gasteiger partial charge in [0.2, 0.25) is 0 Å². The summed E-state index contributed by atoms with van der Waals surface area (Å²) in [5.74, 6) is 0.706. The third kappa shape index (κ3) is 4.74. The van der Waals surface area contributed by atoms with E-state index >= 15 is 0 Å². The quantitative estimate of drug-likeness (QED) is 0.452. The van der Waals surface area contributed by atoms with Crippen molar-refractivity contribution in [1.82, 2.24) is 4.90 Å². The second kappa shape index (κ2) is 9.17. The van der Waals surface area contributed by atoms with Crippen LogP contribution in [0.4, 0.5) is 0 Å². The van der Waals surface area contributed by atoms with Crippen molar-refractivity contribution in [2.24, 2.45) is 0 Å². The molecule has 1 heterocycles. The van der Waals surface area contributed by atoms with Crippen LogP contribution in [0.3, 0.4) is 0 Å². The number of nitrogens with zero attached hydrogens (tertiary/aromatic N) is 2. The zero-order chi connectivity index (χ0) is 20.8. The zero-order valence-electron chi connectivity index (χ0n) is 16.6. The average Bonchev–Trinajstić information content (AvgIpc) is 3.25. The Morgan fingerprint density at radius 1 is 0.900 bits per heavy atom. The van der Waals surface area contributed by atoms with Crippen molar-refractivity contribution in [2.75, 3.05) is 6.54 Å². The van der Waals surface area contributed by atoms with Gasteiger partial charge in [0.15, 0.2) is 0 Å². The summed E-state index contributed by atoms with van der Waals surface area (Å²) in [7, 11) is -3.55. The van der Waals surface area contributed by atoms with E-state index in [1.54, 1.807) is 36.4 Å². The predicted molar refractivity (Wildman–Crippen MR) is 116 cm³/mol. The van der Waals surface area contributed by atoms with Gasteiger partial charge in [0.25, 0.3) is 0 Å². The number of likely N-dealkylation sites (tertiary alicyclic amines) is 1. The molecule has 0 saturated carbocycles. The van der Waals surface area contributed by atoms with E-state index in [1.165, 1.54) is 0 Å². The molecule has 0 aromatic heterocycles. The predicted octanol–water partition coefficient (Wildman–Crippen LogP) is 5.83. The molecule has 4 rings (SSSR count). The minimum Gasteiger partial charge on any atom is -0.415 e. The lowest BCUT2D eigenvalue weighted by Crippen LogP contribution is -2.32. The fraction of sp³-hybridized carbons (Fsp3) is 0.208. The molecule has 1 saturated heterocycles. The minimum absolute atomic E-state index is 0.353. The molecule has 0 radical (unpaired) electrons. The van der Waals surface area contributed by atoms with Crippen molar-refractivity contribution >= 4 is 7.60 Å². The third-order valence-electron chi connectivity index (χ3n) is 5.11. The van der Waals surface area contributed by atoms with E-state index < -0.39 is 7.60 Å². The van der Waals surface area contributed by atoms with Crippen LogP contribution in [0.15, 0.2) is 84.9 Å². The lowest BCUT2D eigenvalue weighted by molar-refractivity contribution is 0.259. The Hall–Kier alpha value is -3.06. The molecule has 3 aromatic rings. The molecule has 1 aliphatic rings. The van der Waals surface area contributed by atoms with Gasteiger partial charge in [-0.05, 0) is 61.3 Å². The molecule has 1 fully saturated rings. The summed E-state index contributed by atoms with van der Waals surface area (Å²) >= 11 is 0. The van der Waals surface area contributed by atoms with E-state index in [2.05, 4.69) is 11.0 Å². The topological polar surface area (TPSA) is 62.6 Å². The fourth-order valence-electron chi connectivity index (χ4n) is 3.67. The molecule has 0 bridgehead atoms. The third-order valence-corrected chi connectivity index (χ3v) is 7.36. The van der Waals surface area contributed by atoms with Gasteiger partial charge in [0, 0.05) is 6.54 Å². The van der Waals surface area contributed by atoms with Gasteiger partial charge in [-0.1, -0.05) is 48.5 Å². The van der Waals surface area contributed by atoms with E-state index in [0.29, 0.717) is 23.6 Å². The normalized spacial score (nSPS) is 16.7. The highest BCUT2D eigenvalue weighted by molar-refractivity contribution is 7.55. The lowest BCUT2D eigenvalue weighted by Gasteiger charge is -2.31. The maximum atomic E-state index is 14.1. The standard InChI is InChI=1S/C24H23N2O3P/c25-18-20-13-15-21(16-14-20)19-26-17-7-12-24(26)30(27,28-22-8-3-1-4-9-22)29-23-10-5-2-6-11-23/h1-6,8-11,13-16,24H,7,12,17,19H2. The van der Waals surface area contributed by atoms with Crippen molar-refractivity contribution < 1.29 is 13.6 Å². The summed E-state index contributed by atoms with van der Waals surface area (Å²) in [6.45, 7) is 1.43. The Labute approximate surface area is 177 Å². The molecule has 1 unspecified atom stereocenters. The summed E-state index contributed by atoms with van der Waals surface area (Å²) in [5, 5.41) is 9.01. The monoisotopic (exact) mass is 418 g/mol. The number of hydrogen-bond acceptors (Lipinski definition) is 5. The Bertz CT molecular complexity index is 1000. The van der Waals surface area contributed by atoms with Crippen LogP contribution in [0.1, 0.15) is 24.0 Å². The molecule has 1 aliphatic heterocycles. The van der Waals surface area contributed by atoms with Crippen LogP contribution >= 0.6 is 7.60 Å². The summed E-state index contributed by atoms with van der Waals surface area (Å²) in [6.07, 6.45) is 1.65. The van der Waals surface area contributed by atoms with Gasteiger partial charge in [-0.25, -0.2) is 4.57 Å². The van der Waals surface area contributed by atoms with Crippen LogP contribution in [-0.4, -0.2) is 17.2 Å². The van der Waals surface area contributed by atoms with Crippen LogP contribution in [0.2, 0.25) is 0 Å².